The molecule has 142 valence electrons. The summed E-state index contributed by atoms with van der Waals surface area (Å²) in [5.74, 6) is -0.177. The van der Waals surface area contributed by atoms with E-state index in [0.717, 1.165) is 6.07 Å². The van der Waals surface area contributed by atoms with E-state index in [1.54, 1.807) is 11.8 Å². The number of hydrogen-bond donors (Lipinski definition) is 1. The van der Waals surface area contributed by atoms with Crippen LogP contribution in [-0.2, 0) is 22.1 Å². The zero-order valence-corrected chi connectivity index (χ0v) is 14.7. The molecule has 6 nitrogen and oxygen atoms in total. The van der Waals surface area contributed by atoms with E-state index in [-0.39, 0.29) is 24.2 Å². The van der Waals surface area contributed by atoms with Gasteiger partial charge >= 0.3 is 12.1 Å². The number of rotatable bonds is 4. The summed E-state index contributed by atoms with van der Waals surface area (Å²) >= 11 is 0. The summed E-state index contributed by atoms with van der Waals surface area (Å²) in [4.78, 5) is 22.5. The number of halogens is 3. The van der Waals surface area contributed by atoms with Crippen LogP contribution in [0.4, 0.5) is 18.9 Å². The molecule has 1 saturated heterocycles. The van der Waals surface area contributed by atoms with Crippen LogP contribution < -0.4 is 4.90 Å². The van der Waals surface area contributed by atoms with Gasteiger partial charge in [0.1, 0.15) is 12.2 Å². The third-order valence-electron chi connectivity index (χ3n) is 4.41. The van der Waals surface area contributed by atoms with E-state index >= 15 is 0 Å². The number of fused-ring (bicyclic) bond motifs is 1. The van der Waals surface area contributed by atoms with Crippen LogP contribution in [0.5, 0.6) is 0 Å². The van der Waals surface area contributed by atoms with Crippen LogP contribution in [0.25, 0.3) is 11.0 Å². The molecule has 0 atom stereocenters. The molecule has 1 fully saturated rings. The van der Waals surface area contributed by atoms with Gasteiger partial charge in [-0.3, -0.25) is 4.79 Å². The Balaban J connectivity index is 1.98. The first-order valence-corrected chi connectivity index (χ1v) is 8.47. The maximum atomic E-state index is 13.6. The lowest BCUT2D eigenvalue weighted by atomic mass is 10.1. The molecule has 0 unspecified atom stereocenters. The fraction of sp³-hybridized carbons (Fsp3) is 0.529. The van der Waals surface area contributed by atoms with Crippen LogP contribution in [0.15, 0.2) is 12.1 Å². The maximum Gasteiger partial charge on any atom is 0.418 e. The van der Waals surface area contributed by atoms with Gasteiger partial charge in [0, 0.05) is 26.2 Å². The van der Waals surface area contributed by atoms with Crippen molar-refractivity contribution < 1.29 is 22.7 Å². The lowest BCUT2D eigenvalue weighted by molar-refractivity contribution is -0.142. The van der Waals surface area contributed by atoms with Crippen LogP contribution >= 0.6 is 0 Å². The third kappa shape index (κ3) is 3.92. The molecule has 2 heterocycles. The number of benzene rings is 1. The van der Waals surface area contributed by atoms with Crippen molar-refractivity contribution in [3.05, 3.63) is 23.5 Å². The maximum absolute atomic E-state index is 13.6. The number of hydrogen-bond acceptors (Lipinski definition) is 5. The molecule has 0 bridgehead atoms. The van der Waals surface area contributed by atoms with Crippen molar-refractivity contribution in [2.24, 2.45) is 0 Å². The van der Waals surface area contributed by atoms with E-state index in [9.17, 15) is 18.0 Å². The number of piperazine rings is 1. The van der Waals surface area contributed by atoms with E-state index < -0.39 is 17.7 Å². The first-order chi connectivity index (χ1) is 12.3. The minimum absolute atomic E-state index is 0.103. The monoisotopic (exact) mass is 370 g/mol. The predicted octanol–water partition coefficient (Wildman–Crippen LogP) is 2.44. The molecule has 0 amide bonds. The van der Waals surface area contributed by atoms with Gasteiger partial charge in [-0.1, -0.05) is 0 Å². The van der Waals surface area contributed by atoms with Gasteiger partial charge in [-0.05, 0) is 26.1 Å². The third-order valence-corrected chi connectivity index (χ3v) is 4.41. The van der Waals surface area contributed by atoms with E-state index in [1.165, 1.54) is 6.07 Å². The summed E-state index contributed by atoms with van der Waals surface area (Å²) < 4.78 is 45.6. The van der Waals surface area contributed by atoms with Crippen LogP contribution in [0.3, 0.4) is 0 Å². The van der Waals surface area contributed by atoms with Gasteiger partial charge in [0.05, 0.1) is 28.9 Å². The summed E-state index contributed by atoms with van der Waals surface area (Å²) in [5.41, 5.74) is 0.105. The zero-order chi connectivity index (χ0) is 18.9. The first-order valence-electron chi connectivity index (χ1n) is 8.47. The molecule has 0 saturated carbocycles. The topological polar surface area (TPSA) is 61.5 Å². The minimum atomic E-state index is -4.47. The van der Waals surface area contributed by atoms with Crippen molar-refractivity contribution in [1.82, 2.24) is 14.9 Å². The second-order valence-corrected chi connectivity index (χ2v) is 6.34. The average Bonchev–Trinajstić information content (AvgIpc) is 2.95. The first kappa shape index (κ1) is 18.5. The number of esters is 1. The Kier molecular flexibility index (Phi) is 5.08. The average molecular weight is 370 g/mol. The quantitative estimate of drug-likeness (QED) is 0.838. The minimum Gasteiger partial charge on any atom is -0.466 e. The van der Waals surface area contributed by atoms with Crippen LogP contribution in [-0.4, -0.2) is 60.7 Å². The molecule has 0 radical (unpaired) electrons. The number of likely N-dealkylation sites (N-methyl/N-ethyl adjacent to an activating group) is 1. The van der Waals surface area contributed by atoms with Crippen molar-refractivity contribution in [2.45, 2.75) is 19.5 Å². The molecular formula is C17H21F3N4O2. The number of carbonyl (C=O) groups is 1. The Morgan fingerprint density at radius 1 is 1.27 bits per heavy atom. The van der Waals surface area contributed by atoms with Gasteiger partial charge in [0.15, 0.2) is 0 Å². The normalized spacial score (nSPS) is 16.3. The van der Waals surface area contributed by atoms with Gasteiger partial charge in [-0.2, -0.15) is 13.2 Å². The molecule has 1 aliphatic heterocycles. The lowest BCUT2D eigenvalue weighted by Crippen LogP contribution is -2.45. The van der Waals surface area contributed by atoms with Gasteiger partial charge in [-0.15, -0.1) is 0 Å². The molecule has 1 aromatic heterocycles. The Morgan fingerprint density at radius 2 is 1.96 bits per heavy atom. The molecule has 0 aliphatic carbocycles. The molecule has 1 aliphatic rings. The molecule has 1 aromatic carbocycles. The number of ether oxygens (including phenoxy) is 1. The molecular weight excluding hydrogens is 349 g/mol. The Morgan fingerprint density at radius 3 is 2.58 bits per heavy atom. The van der Waals surface area contributed by atoms with E-state index in [1.807, 2.05) is 7.05 Å². The fourth-order valence-corrected chi connectivity index (χ4v) is 3.07. The Hall–Kier alpha value is -2.29. The van der Waals surface area contributed by atoms with Crippen LogP contribution in [0, 0.1) is 0 Å². The summed E-state index contributed by atoms with van der Waals surface area (Å²) in [6.45, 7) is 4.36. The molecule has 0 spiro atoms. The standard InChI is InChI=1S/C17H21F3N4O2/c1-3-26-16(25)10-15-21-12-8-11(17(18,19)20)14(9-13(12)22-15)24-6-4-23(2)5-7-24/h8-9H,3-7,10H2,1-2H3,(H,21,22). The van der Waals surface area contributed by atoms with Gasteiger partial charge in [0.2, 0.25) is 0 Å². The largest absolute Gasteiger partial charge is 0.466 e. The van der Waals surface area contributed by atoms with Gasteiger partial charge < -0.3 is 19.5 Å². The summed E-state index contributed by atoms with van der Waals surface area (Å²) in [5, 5.41) is 0. The molecule has 3 rings (SSSR count). The lowest BCUT2D eigenvalue weighted by Gasteiger charge is -2.35. The number of aromatic amines is 1. The van der Waals surface area contributed by atoms with E-state index in [2.05, 4.69) is 14.9 Å². The number of imidazole rings is 1. The van der Waals surface area contributed by atoms with Crippen molar-refractivity contribution in [1.29, 1.82) is 0 Å². The summed E-state index contributed by atoms with van der Waals surface area (Å²) in [6, 6.07) is 2.53. The highest BCUT2D eigenvalue weighted by atomic mass is 19.4. The molecule has 9 heteroatoms. The zero-order valence-electron chi connectivity index (χ0n) is 14.7. The van der Waals surface area contributed by atoms with E-state index in [0.29, 0.717) is 37.5 Å². The van der Waals surface area contributed by atoms with E-state index in [4.69, 9.17) is 4.74 Å². The van der Waals surface area contributed by atoms with Crippen LogP contribution in [0.2, 0.25) is 0 Å². The fourth-order valence-electron chi connectivity index (χ4n) is 3.07. The van der Waals surface area contributed by atoms with Gasteiger partial charge in [-0.25, -0.2) is 4.98 Å². The number of aromatic nitrogens is 2. The Bertz CT molecular complexity index is 795. The van der Waals surface area contributed by atoms with Crippen molar-refractivity contribution in [3.63, 3.8) is 0 Å². The second kappa shape index (κ2) is 7.14. The number of nitrogens with one attached hydrogen (secondary N) is 1. The highest BCUT2D eigenvalue weighted by Crippen LogP contribution is 2.39. The number of alkyl halides is 3. The summed E-state index contributed by atoms with van der Waals surface area (Å²) in [6.07, 6.45) is -4.58. The number of H-pyrrole nitrogens is 1. The number of nitrogens with zero attached hydrogens (tertiary/aromatic N) is 3. The van der Waals surface area contributed by atoms with Crippen LogP contribution in [0.1, 0.15) is 18.3 Å². The number of anilines is 1. The Labute approximate surface area is 148 Å². The predicted molar refractivity (Wildman–Crippen MR) is 91.1 cm³/mol. The number of carbonyl (C=O) groups excluding carboxylic acids is 1. The molecule has 2 aromatic rings. The summed E-state index contributed by atoms with van der Waals surface area (Å²) in [7, 11) is 1.95. The SMILES string of the molecule is CCOC(=O)Cc1nc2cc(N3CCN(C)CC3)c(C(F)(F)F)cc2[nH]1. The van der Waals surface area contributed by atoms with Crippen molar-refractivity contribution >= 4 is 22.7 Å². The van der Waals surface area contributed by atoms with Crippen molar-refractivity contribution in [3.8, 4) is 0 Å². The molecule has 26 heavy (non-hydrogen) atoms. The molecule has 1 N–H and O–H groups in total. The smallest absolute Gasteiger partial charge is 0.418 e. The second-order valence-electron chi connectivity index (χ2n) is 6.34. The van der Waals surface area contributed by atoms with Gasteiger partial charge in [0.25, 0.3) is 0 Å². The van der Waals surface area contributed by atoms with Crippen molar-refractivity contribution in [2.75, 3.05) is 44.7 Å². The highest BCUT2D eigenvalue weighted by molar-refractivity contribution is 5.83. The highest BCUT2D eigenvalue weighted by Gasteiger charge is 2.36.